The summed E-state index contributed by atoms with van der Waals surface area (Å²) in [7, 11) is -5.12. The Kier molecular flexibility index (Phi) is 34.7. The first kappa shape index (κ1) is 56.8. The van der Waals surface area contributed by atoms with Crippen molar-refractivity contribution in [1.82, 2.24) is 0 Å². The van der Waals surface area contributed by atoms with E-state index in [4.69, 9.17) is 18.5 Å². The van der Waals surface area contributed by atoms with Gasteiger partial charge in [0.05, 0.1) is 6.61 Å². The fourth-order valence-electron chi connectivity index (χ4n) is 6.93. The molecule has 0 radical (unpaired) electrons. The van der Waals surface area contributed by atoms with E-state index < -0.39 is 75.7 Å². The maximum atomic E-state index is 12.8. The average molecular weight is 887 g/mol. The van der Waals surface area contributed by atoms with Crippen LogP contribution in [-0.2, 0) is 32.7 Å². The van der Waals surface area contributed by atoms with Crippen LogP contribution in [0.25, 0.3) is 0 Å². The smallest absolute Gasteiger partial charge is 0.462 e. The van der Waals surface area contributed by atoms with E-state index in [-0.39, 0.29) is 12.8 Å². The number of ether oxygens (including phenoxy) is 2. The third-order valence-electron chi connectivity index (χ3n) is 10.7. The van der Waals surface area contributed by atoms with Crippen molar-refractivity contribution in [3.8, 4) is 0 Å². The minimum atomic E-state index is -5.12. The molecule has 14 heteroatoms. The lowest BCUT2D eigenvalue weighted by molar-refractivity contribution is -0.220. The highest BCUT2D eigenvalue weighted by Crippen LogP contribution is 2.47. The molecule has 8 atom stereocenters. The molecule has 1 saturated carbocycles. The van der Waals surface area contributed by atoms with Crippen molar-refractivity contribution in [2.24, 2.45) is 0 Å². The van der Waals surface area contributed by atoms with Crippen LogP contribution in [0, 0.1) is 0 Å². The predicted molar refractivity (Wildman–Crippen MR) is 239 cm³/mol. The van der Waals surface area contributed by atoms with Gasteiger partial charge in [-0.2, -0.15) is 0 Å². The van der Waals surface area contributed by atoms with Crippen molar-refractivity contribution < 1.29 is 63.1 Å². The Labute approximate surface area is 367 Å². The second kappa shape index (κ2) is 37.2. The summed E-state index contributed by atoms with van der Waals surface area (Å²) in [5.74, 6) is -1.12. The summed E-state index contributed by atoms with van der Waals surface area (Å²) in [5.41, 5.74) is 0. The number of phosphoric ester groups is 1. The topological polar surface area (TPSA) is 210 Å². The van der Waals surface area contributed by atoms with E-state index in [2.05, 4.69) is 62.5 Å². The maximum absolute atomic E-state index is 12.8. The molecule has 1 aliphatic rings. The fourth-order valence-corrected chi connectivity index (χ4v) is 7.90. The molecule has 354 valence electrons. The molecular weight excluding hydrogens is 803 g/mol. The van der Waals surface area contributed by atoms with Crippen molar-refractivity contribution in [2.45, 2.75) is 224 Å². The molecule has 0 bridgehead atoms. The van der Waals surface area contributed by atoms with Gasteiger partial charge in [0.15, 0.2) is 6.10 Å². The number of allylic oxidation sites excluding steroid dienone is 8. The van der Waals surface area contributed by atoms with Crippen molar-refractivity contribution in [1.29, 1.82) is 0 Å². The van der Waals surface area contributed by atoms with Crippen LogP contribution in [0.1, 0.15) is 181 Å². The lowest BCUT2D eigenvalue weighted by atomic mass is 9.85. The number of aliphatic hydroxyl groups excluding tert-OH is 5. The molecule has 1 aliphatic carbocycles. The first-order valence-corrected chi connectivity index (χ1v) is 24.9. The Morgan fingerprint density at radius 2 is 0.934 bits per heavy atom. The lowest BCUT2D eigenvalue weighted by Crippen LogP contribution is -2.64. The van der Waals surface area contributed by atoms with E-state index in [1.807, 2.05) is 0 Å². The minimum Gasteiger partial charge on any atom is -0.462 e. The van der Waals surface area contributed by atoms with Crippen LogP contribution in [-0.4, -0.2) is 98.3 Å². The SMILES string of the molecule is CCC=CCC=CCC=CCC=CCCCCCCC(=O)OC[C@H](COP(=O)(O)OC1C(O)C(O)C(O)[C@@H](O)C1O)OC(=O)CCCCCCCCCCCCCCCCC. The largest absolute Gasteiger partial charge is 0.472 e. The molecule has 0 spiro atoms. The zero-order chi connectivity index (χ0) is 45.0. The van der Waals surface area contributed by atoms with Gasteiger partial charge in [0.2, 0.25) is 0 Å². The number of phosphoric acid groups is 1. The van der Waals surface area contributed by atoms with Gasteiger partial charge in [-0.1, -0.05) is 165 Å². The number of carbonyl (C=O) groups excluding carboxylic acids is 2. The summed E-state index contributed by atoms with van der Waals surface area (Å²) in [6.45, 7) is 3.17. The summed E-state index contributed by atoms with van der Waals surface area (Å²) in [6.07, 6.45) is 30.2. The Balaban J connectivity index is 2.47. The number of carbonyl (C=O) groups is 2. The molecule has 61 heavy (non-hydrogen) atoms. The van der Waals surface area contributed by atoms with Gasteiger partial charge < -0.3 is 39.9 Å². The predicted octanol–water partition coefficient (Wildman–Crippen LogP) is 9.17. The number of aliphatic hydroxyl groups is 5. The monoisotopic (exact) mass is 887 g/mol. The van der Waals surface area contributed by atoms with Gasteiger partial charge in [-0.05, 0) is 51.4 Å². The summed E-state index contributed by atoms with van der Waals surface area (Å²) in [4.78, 5) is 35.7. The van der Waals surface area contributed by atoms with E-state index >= 15 is 0 Å². The summed E-state index contributed by atoms with van der Waals surface area (Å²) in [5, 5.41) is 50.1. The maximum Gasteiger partial charge on any atom is 0.472 e. The van der Waals surface area contributed by atoms with Crippen molar-refractivity contribution in [3.63, 3.8) is 0 Å². The molecular formula is C47H83O13P. The highest BCUT2D eigenvalue weighted by Gasteiger charge is 2.51. The highest BCUT2D eigenvalue weighted by atomic mass is 31.2. The third kappa shape index (κ3) is 29.7. The van der Waals surface area contributed by atoms with Gasteiger partial charge in [-0.3, -0.25) is 18.6 Å². The van der Waals surface area contributed by atoms with E-state index in [0.29, 0.717) is 12.8 Å². The molecule has 0 saturated heterocycles. The standard InChI is InChI=1S/C47H83O13P/c1-3-5-7-9-11-13-15-17-19-20-22-23-25-27-29-31-33-35-40(48)57-37-39(38-58-61(55,56)60-47-45(53)43(51)42(50)44(52)46(47)54)59-41(49)36-34-32-30-28-26-24-21-18-16-14-12-10-8-6-4-2/h5,7,11,13,17,19,22-23,39,42-47,50-54H,3-4,6,8-10,12,14-16,18,20-21,24-38H2,1-2H3,(H,55,56)/t39-,42?,43-,44?,45?,46?,47?/m1/s1. The van der Waals surface area contributed by atoms with Gasteiger partial charge in [0, 0.05) is 12.8 Å². The number of hydrogen-bond donors (Lipinski definition) is 6. The van der Waals surface area contributed by atoms with E-state index in [0.717, 1.165) is 77.0 Å². The van der Waals surface area contributed by atoms with Crippen LogP contribution in [0.5, 0.6) is 0 Å². The zero-order valence-corrected chi connectivity index (χ0v) is 38.3. The number of rotatable bonds is 38. The van der Waals surface area contributed by atoms with Gasteiger partial charge in [0.25, 0.3) is 0 Å². The second-order valence-corrected chi connectivity index (χ2v) is 17.6. The van der Waals surface area contributed by atoms with E-state index in [1.165, 1.54) is 64.2 Å². The van der Waals surface area contributed by atoms with Crippen LogP contribution in [0.2, 0.25) is 0 Å². The van der Waals surface area contributed by atoms with Crippen LogP contribution >= 0.6 is 7.82 Å². The Bertz CT molecular complexity index is 1250. The number of hydrogen-bond acceptors (Lipinski definition) is 12. The molecule has 0 aromatic carbocycles. The zero-order valence-electron chi connectivity index (χ0n) is 37.4. The van der Waals surface area contributed by atoms with E-state index in [9.17, 15) is 44.6 Å². The molecule has 0 aliphatic heterocycles. The first-order valence-electron chi connectivity index (χ1n) is 23.4. The molecule has 6 N–H and O–H groups in total. The van der Waals surface area contributed by atoms with Crippen LogP contribution in [0.4, 0.5) is 0 Å². The highest BCUT2D eigenvalue weighted by molar-refractivity contribution is 7.47. The van der Waals surface area contributed by atoms with Gasteiger partial charge in [-0.15, -0.1) is 0 Å². The van der Waals surface area contributed by atoms with Crippen molar-refractivity contribution in [3.05, 3.63) is 48.6 Å². The fraction of sp³-hybridized carbons (Fsp3) is 0.787. The molecule has 0 amide bonds. The normalized spacial score (nSPS) is 22.4. The summed E-state index contributed by atoms with van der Waals surface area (Å²) < 4.78 is 33.5. The molecule has 0 aromatic heterocycles. The van der Waals surface area contributed by atoms with Crippen molar-refractivity contribution in [2.75, 3.05) is 13.2 Å². The van der Waals surface area contributed by atoms with E-state index in [1.54, 1.807) is 0 Å². The Hall–Kier alpha value is -2.19. The van der Waals surface area contributed by atoms with Gasteiger partial charge >= 0.3 is 19.8 Å². The lowest BCUT2D eigenvalue weighted by Gasteiger charge is -2.41. The quantitative estimate of drug-likeness (QED) is 0.0148. The van der Waals surface area contributed by atoms with Crippen molar-refractivity contribution >= 4 is 19.8 Å². The third-order valence-corrected chi connectivity index (χ3v) is 11.7. The molecule has 13 nitrogen and oxygen atoms in total. The van der Waals surface area contributed by atoms with Crippen LogP contribution in [0.3, 0.4) is 0 Å². The molecule has 1 fully saturated rings. The molecule has 0 aromatic rings. The van der Waals surface area contributed by atoms with Gasteiger partial charge in [0.1, 0.15) is 43.2 Å². The summed E-state index contributed by atoms with van der Waals surface area (Å²) >= 11 is 0. The average Bonchev–Trinajstić information content (AvgIpc) is 3.24. The second-order valence-electron chi connectivity index (χ2n) is 16.2. The Morgan fingerprint density at radius 3 is 1.43 bits per heavy atom. The van der Waals surface area contributed by atoms with Gasteiger partial charge in [-0.25, -0.2) is 4.57 Å². The summed E-state index contributed by atoms with van der Waals surface area (Å²) in [6, 6.07) is 0. The van der Waals surface area contributed by atoms with Crippen LogP contribution in [0.15, 0.2) is 48.6 Å². The molecule has 6 unspecified atom stereocenters. The number of unbranched alkanes of at least 4 members (excludes halogenated alkanes) is 18. The van der Waals surface area contributed by atoms with Crippen LogP contribution < -0.4 is 0 Å². The Morgan fingerprint density at radius 1 is 0.525 bits per heavy atom. The molecule has 1 rings (SSSR count). The number of esters is 2. The molecule has 0 heterocycles. The first-order chi connectivity index (χ1) is 29.4. The minimum absolute atomic E-state index is 0.0927.